The summed E-state index contributed by atoms with van der Waals surface area (Å²) < 4.78 is 5.46. The number of carbonyl (C=O) groups is 2. The molecular weight excluding hydrogens is 322 g/mol. The van der Waals surface area contributed by atoms with Crippen LogP contribution >= 0.6 is 0 Å². The maximum absolute atomic E-state index is 12.2. The predicted molar refractivity (Wildman–Crippen MR) is 92.4 cm³/mol. The summed E-state index contributed by atoms with van der Waals surface area (Å²) in [6.45, 7) is 0.469. The number of nitrogens with one attached hydrogen (secondary N) is 1. The summed E-state index contributed by atoms with van der Waals surface area (Å²) in [6, 6.07) is -0.322. The van der Waals surface area contributed by atoms with Crippen LogP contribution in [0.2, 0.25) is 0 Å². The molecule has 1 aliphatic carbocycles. The Morgan fingerprint density at radius 3 is 2.88 bits per heavy atom. The molecule has 140 valence electrons. The second kappa shape index (κ2) is 10.1. The molecule has 2 rings (SSSR count). The lowest BCUT2D eigenvalue weighted by Crippen LogP contribution is -2.38. The van der Waals surface area contributed by atoms with Gasteiger partial charge in [-0.05, 0) is 25.3 Å². The van der Waals surface area contributed by atoms with Crippen LogP contribution in [0, 0.1) is 5.92 Å². The number of rotatable bonds is 10. The van der Waals surface area contributed by atoms with Crippen LogP contribution < -0.4 is 11.1 Å². The quantitative estimate of drug-likeness (QED) is 0.612. The molecule has 1 atom stereocenters. The highest BCUT2D eigenvalue weighted by molar-refractivity contribution is 5.80. The number of amides is 2. The second-order valence-electron chi connectivity index (χ2n) is 6.71. The fourth-order valence-corrected chi connectivity index (χ4v) is 3.36. The van der Waals surface area contributed by atoms with E-state index in [1.165, 1.54) is 32.1 Å². The van der Waals surface area contributed by atoms with Crippen molar-refractivity contribution in [2.24, 2.45) is 11.7 Å². The van der Waals surface area contributed by atoms with E-state index in [4.69, 9.17) is 10.3 Å². The summed E-state index contributed by atoms with van der Waals surface area (Å²) in [6.07, 6.45) is 9.02. The highest BCUT2D eigenvalue weighted by Gasteiger charge is 2.27. The monoisotopic (exact) mass is 351 g/mol. The van der Waals surface area contributed by atoms with Crippen molar-refractivity contribution in [3.63, 3.8) is 0 Å². The lowest BCUT2D eigenvalue weighted by Gasteiger charge is -2.25. The molecule has 1 aromatic rings. The van der Waals surface area contributed by atoms with Gasteiger partial charge < -0.3 is 20.5 Å². The normalized spacial score (nSPS) is 16.4. The SMILES string of the molecule is CN(C(=O)CNC=O)C(CCCN)c1nc(CC2CCCCC2)no1. The summed E-state index contributed by atoms with van der Waals surface area (Å²) >= 11 is 0. The molecule has 0 bridgehead atoms. The maximum atomic E-state index is 12.2. The van der Waals surface area contributed by atoms with E-state index in [1.807, 2.05) is 0 Å². The van der Waals surface area contributed by atoms with E-state index >= 15 is 0 Å². The molecule has 1 heterocycles. The molecule has 0 aromatic carbocycles. The molecule has 0 aliphatic heterocycles. The number of hydrogen-bond donors (Lipinski definition) is 2. The number of likely N-dealkylation sites (N-methyl/N-ethyl adjacent to an activating group) is 1. The number of nitrogens with zero attached hydrogens (tertiary/aromatic N) is 3. The molecule has 2 amide bonds. The van der Waals surface area contributed by atoms with Gasteiger partial charge in [0.2, 0.25) is 18.2 Å². The molecule has 1 unspecified atom stereocenters. The Balaban J connectivity index is 2.03. The minimum absolute atomic E-state index is 0.0534. The first-order valence-corrected chi connectivity index (χ1v) is 9.11. The Kier molecular flexibility index (Phi) is 7.84. The van der Waals surface area contributed by atoms with Gasteiger partial charge in [0.05, 0.1) is 6.54 Å². The fraction of sp³-hybridized carbons (Fsp3) is 0.765. The highest BCUT2D eigenvalue weighted by Crippen LogP contribution is 2.28. The molecule has 0 radical (unpaired) electrons. The van der Waals surface area contributed by atoms with Gasteiger partial charge in [0, 0.05) is 13.5 Å². The van der Waals surface area contributed by atoms with E-state index in [0.717, 1.165) is 12.8 Å². The van der Waals surface area contributed by atoms with Gasteiger partial charge in [0.1, 0.15) is 6.04 Å². The molecular formula is C17H29N5O3. The first-order valence-electron chi connectivity index (χ1n) is 9.11. The zero-order valence-electron chi connectivity index (χ0n) is 14.9. The number of nitrogens with two attached hydrogens (primary N) is 1. The molecule has 1 fully saturated rings. The third kappa shape index (κ3) is 5.81. The Labute approximate surface area is 148 Å². The van der Waals surface area contributed by atoms with Gasteiger partial charge in [-0.3, -0.25) is 9.59 Å². The van der Waals surface area contributed by atoms with Crippen LogP contribution in [-0.2, 0) is 16.0 Å². The van der Waals surface area contributed by atoms with Crippen molar-refractivity contribution < 1.29 is 14.1 Å². The molecule has 1 saturated carbocycles. The van der Waals surface area contributed by atoms with Crippen LogP contribution in [0.1, 0.15) is 62.7 Å². The van der Waals surface area contributed by atoms with Crippen LogP contribution in [0.25, 0.3) is 0 Å². The van der Waals surface area contributed by atoms with Gasteiger partial charge in [-0.1, -0.05) is 37.3 Å². The molecule has 1 aromatic heterocycles. The molecule has 0 spiro atoms. The molecule has 8 nitrogen and oxygen atoms in total. The summed E-state index contributed by atoms with van der Waals surface area (Å²) in [7, 11) is 1.68. The Morgan fingerprint density at radius 2 is 2.20 bits per heavy atom. The molecule has 8 heteroatoms. The first kappa shape index (κ1) is 19.4. The van der Waals surface area contributed by atoms with E-state index in [2.05, 4.69) is 15.5 Å². The standard InChI is InChI=1S/C17H29N5O3/c1-22(16(24)11-19-12-23)14(8-5-9-18)17-20-15(21-25-17)10-13-6-3-2-4-7-13/h12-14H,2-11,18H2,1H3,(H,19,23). The topological polar surface area (TPSA) is 114 Å². The van der Waals surface area contributed by atoms with Gasteiger partial charge in [-0.2, -0.15) is 4.98 Å². The third-order valence-electron chi connectivity index (χ3n) is 4.84. The predicted octanol–water partition coefficient (Wildman–Crippen LogP) is 1.18. The fourth-order valence-electron chi connectivity index (χ4n) is 3.36. The average Bonchev–Trinajstić information content (AvgIpc) is 3.08. The van der Waals surface area contributed by atoms with Gasteiger partial charge in [0.25, 0.3) is 0 Å². The van der Waals surface area contributed by atoms with Gasteiger partial charge in [-0.15, -0.1) is 0 Å². The second-order valence-corrected chi connectivity index (χ2v) is 6.71. The van der Waals surface area contributed by atoms with Crippen LogP contribution in [0.4, 0.5) is 0 Å². The van der Waals surface area contributed by atoms with E-state index in [9.17, 15) is 9.59 Å². The van der Waals surface area contributed by atoms with Gasteiger partial charge >= 0.3 is 0 Å². The van der Waals surface area contributed by atoms with Crippen molar-refractivity contribution in [1.82, 2.24) is 20.4 Å². The van der Waals surface area contributed by atoms with Crippen molar-refractivity contribution in [3.8, 4) is 0 Å². The maximum Gasteiger partial charge on any atom is 0.249 e. The first-order chi connectivity index (χ1) is 12.2. The third-order valence-corrected chi connectivity index (χ3v) is 4.84. The lowest BCUT2D eigenvalue weighted by atomic mass is 9.87. The van der Waals surface area contributed by atoms with E-state index in [1.54, 1.807) is 11.9 Å². The van der Waals surface area contributed by atoms with Gasteiger partial charge in [-0.25, -0.2) is 0 Å². The zero-order valence-corrected chi connectivity index (χ0v) is 14.9. The lowest BCUT2D eigenvalue weighted by molar-refractivity contribution is -0.132. The molecule has 3 N–H and O–H groups in total. The van der Waals surface area contributed by atoms with Gasteiger partial charge in [0.15, 0.2) is 5.82 Å². The van der Waals surface area contributed by atoms with Crippen molar-refractivity contribution in [3.05, 3.63) is 11.7 Å². The van der Waals surface area contributed by atoms with E-state index in [0.29, 0.717) is 37.0 Å². The van der Waals surface area contributed by atoms with Crippen molar-refractivity contribution in [2.45, 2.75) is 57.4 Å². The van der Waals surface area contributed by atoms with Crippen LogP contribution in [0.15, 0.2) is 4.52 Å². The number of carbonyl (C=O) groups excluding carboxylic acids is 2. The van der Waals surface area contributed by atoms with Crippen molar-refractivity contribution >= 4 is 12.3 Å². The smallest absolute Gasteiger partial charge is 0.249 e. The zero-order chi connectivity index (χ0) is 18.1. The van der Waals surface area contributed by atoms with Crippen LogP contribution in [-0.4, -0.2) is 47.5 Å². The summed E-state index contributed by atoms with van der Waals surface area (Å²) in [5, 5.41) is 6.50. The van der Waals surface area contributed by atoms with Crippen molar-refractivity contribution in [2.75, 3.05) is 20.1 Å². The molecule has 1 aliphatic rings. The molecule has 25 heavy (non-hydrogen) atoms. The Bertz CT molecular complexity index is 542. The number of hydrogen-bond acceptors (Lipinski definition) is 6. The minimum Gasteiger partial charge on any atom is -0.350 e. The Morgan fingerprint density at radius 1 is 1.44 bits per heavy atom. The van der Waals surface area contributed by atoms with Crippen LogP contribution in [0.3, 0.4) is 0 Å². The minimum atomic E-state index is -0.322. The largest absolute Gasteiger partial charge is 0.350 e. The summed E-state index contributed by atoms with van der Waals surface area (Å²) in [4.78, 5) is 28.7. The average molecular weight is 351 g/mol. The van der Waals surface area contributed by atoms with E-state index < -0.39 is 0 Å². The molecule has 0 saturated heterocycles. The summed E-state index contributed by atoms with van der Waals surface area (Å²) in [5.41, 5.74) is 5.61. The van der Waals surface area contributed by atoms with Crippen LogP contribution in [0.5, 0.6) is 0 Å². The highest BCUT2D eigenvalue weighted by atomic mass is 16.5. The summed E-state index contributed by atoms with van der Waals surface area (Å²) in [5.74, 6) is 1.58. The Hall–Kier alpha value is -1.96. The van der Waals surface area contributed by atoms with Crippen molar-refractivity contribution in [1.29, 1.82) is 0 Å². The number of aromatic nitrogens is 2. The van der Waals surface area contributed by atoms with E-state index in [-0.39, 0.29) is 18.5 Å².